The highest BCUT2D eigenvalue weighted by atomic mass is 35.5. The van der Waals surface area contributed by atoms with E-state index in [1.165, 1.54) is 5.56 Å². The van der Waals surface area contributed by atoms with Gasteiger partial charge in [-0.2, -0.15) is 0 Å². The molecule has 7 heteroatoms. The van der Waals surface area contributed by atoms with Crippen molar-refractivity contribution < 1.29 is 9.53 Å². The summed E-state index contributed by atoms with van der Waals surface area (Å²) in [5.74, 6) is 0.598. The van der Waals surface area contributed by atoms with Crippen molar-refractivity contribution in [1.29, 1.82) is 0 Å². The molecule has 3 N–H and O–H groups in total. The van der Waals surface area contributed by atoms with Crippen LogP contribution in [0.4, 0.5) is 0 Å². The van der Waals surface area contributed by atoms with Crippen LogP contribution in [0.15, 0.2) is 30.3 Å². The fraction of sp³-hybridized carbons (Fsp3) is 0.667. The zero-order valence-electron chi connectivity index (χ0n) is 16.7. The fourth-order valence-corrected chi connectivity index (χ4v) is 4.37. The number of rotatable bonds is 7. The summed E-state index contributed by atoms with van der Waals surface area (Å²) in [7, 11) is 0. The van der Waals surface area contributed by atoms with Crippen LogP contribution in [0.3, 0.4) is 0 Å². The van der Waals surface area contributed by atoms with Crippen LogP contribution in [0, 0.1) is 11.8 Å². The molecule has 3 rings (SSSR count). The minimum Gasteiger partial charge on any atom is -0.373 e. The monoisotopic (exact) mass is 431 g/mol. The molecular weight excluding hydrogens is 397 g/mol. The van der Waals surface area contributed by atoms with Crippen molar-refractivity contribution in [3.8, 4) is 0 Å². The first kappa shape index (κ1) is 25.2. The number of nitrogens with one attached hydrogen (secondary N) is 1. The van der Waals surface area contributed by atoms with Crippen LogP contribution in [-0.4, -0.2) is 49.2 Å². The van der Waals surface area contributed by atoms with Crippen LogP contribution < -0.4 is 11.1 Å². The molecule has 160 valence electrons. The van der Waals surface area contributed by atoms with E-state index in [2.05, 4.69) is 41.4 Å². The molecule has 0 aromatic heterocycles. The van der Waals surface area contributed by atoms with Gasteiger partial charge < -0.3 is 15.8 Å². The number of amides is 1. The third kappa shape index (κ3) is 6.60. The first-order valence-electron chi connectivity index (χ1n) is 10.1. The molecule has 4 atom stereocenters. The summed E-state index contributed by atoms with van der Waals surface area (Å²) in [5, 5.41) is 3.28. The van der Waals surface area contributed by atoms with Crippen LogP contribution >= 0.6 is 24.8 Å². The Morgan fingerprint density at radius 3 is 2.71 bits per heavy atom. The Kier molecular flexibility index (Phi) is 11.4. The van der Waals surface area contributed by atoms with E-state index in [9.17, 15) is 4.79 Å². The minimum absolute atomic E-state index is 0. The molecular formula is C21H35Cl2N3O2. The van der Waals surface area contributed by atoms with Crippen molar-refractivity contribution in [2.45, 2.75) is 51.3 Å². The molecule has 1 heterocycles. The van der Waals surface area contributed by atoms with Crippen LogP contribution in [0.2, 0.25) is 0 Å². The summed E-state index contributed by atoms with van der Waals surface area (Å²) in [6.07, 6.45) is 4.10. The van der Waals surface area contributed by atoms with E-state index in [0.29, 0.717) is 12.5 Å². The second-order valence-corrected chi connectivity index (χ2v) is 7.69. The summed E-state index contributed by atoms with van der Waals surface area (Å²) in [6.45, 7) is 6.19. The zero-order valence-corrected chi connectivity index (χ0v) is 18.4. The van der Waals surface area contributed by atoms with Gasteiger partial charge in [0, 0.05) is 25.6 Å². The smallest absolute Gasteiger partial charge is 0.223 e. The van der Waals surface area contributed by atoms with Gasteiger partial charge >= 0.3 is 0 Å². The van der Waals surface area contributed by atoms with E-state index in [0.717, 1.165) is 51.9 Å². The maximum Gasteiger partial charge on any atom is 0.223 e. The lowest BCUT2D eigenvalue weighted by Gasteiger charge is -2.37. The van der Waals surface area contributed by atoms with E-state index in [1.54, 1.807) is 0 Å². The Morgan fingerprint density at radius 1 is 1.29 bits per heavy atom. The van der Waals surface area contributed by atoms with Gasteiger partial charge in [-0.3, -0.25) is 9.69 Å². The largest absolute Gasteiger partial charge is 0.373 e. The Bertz CT molecular complexity index is 576. The third-order valence-electron chi connectivity index (χ3n) is 5.94. The minimum atomic E-state index is 0. The summed E-state index contributed by atoms with van der Waals surface area (Å²) in [4.78, 5) is 15.2. The van der Waals surface area contributed by atoms with Crippen molar-refractivity contribution in [3.63, 3.8) is 0 Å². The number of nitrogens with two attached hydrogens (primary N) is 1. The van der Waals surface area contributed by atoms with Gasteiger partial charge in [-0.1, -0.05) is 43.7 Å². The van der Waals surface area contributed by atoms with E-state index >= 15 is 0 Å². The number of hydrogen-bond acceptors (Lipinski definition) is 4. The van der Waals surface area contributed by atoms with E-state index in [1.807, 2.05) is 6.07 Å². The lowest BCUT2D eigenvalue weighted by atomic mass is 9.94. The molecule has 1 aliphatic heterocycles. The fourth-order valence-electron chi connectivity index (χ4n) is 4.37. The highest BCUT2D eigenvalue weighted by molar-refractivity contribution is 5.85. The Morgan fingerprint density at radius 2 is 2.04 bits per heavy atom. The van der Waals surface area contributed by atoms with Gasteiger partial charge in [0.25, 0.3) is 0 Å². The molecule has 1 amide bonds. The molecule has 2 unspecified atom stereocenters. The van der Waals surface area contributed by atoms with Crippen molar-refractivity contribution in [3.05, 3.63) is 35.9 Å². The number of benzene rings is 1. The highest BCUT2D eigenvalue weighted by Gasteiger charge is 2.35. The molecule has 1 aromatic rings. The number of nitrogens with zero attached hydrogens (tertiary/aromatic N) is 1. The molecule has 5 nitrogen and oxygen atoms in total. The lowest BCUT2D eigenvalue weighted by Crippen LogP contribution is -2.54. The van der Waals surface area contributed by atoms with Crippen molar-refractivity contribution in [2.75, 3.05) is 26.2 Å². The van der Waals surface area contributed by atoms with Crippen LogP contribution in [0.1, 0.15) is 38.2 Å². The predicted octanol–water partition coefficient (Wildman–Crippen LogP) is 3.00. The molecule has 1 aliphatic carbocycles. The quantitative estimate of drug-likeness (QED) is 0.695. The average molecular weight is 432 g/mol. The van der Waals surface area contributed by atoms with E-state index in [-0.39, 0.29) is 48.8 Å². The van der Waals surface area contributed by atoms with Crippen molar-refractivity contribution >= 4 is 30.7 Å². The van der Waals surface area contributed by atoms with Crippen molar-refractivity contribution in [2.24, 2.45) is 17.6 Å². The SMILES string of the molecule is CCC(NC(=O)[C@@H]1CCC[C@@H]1CN)C1CN(Cc2ccccc2)CCO1.Cl.Cl. The molecule has 2 fully saturated rings. The summed E-state index contributed by atoms with van der Waals surface area (Å²) < 4.78 is 6.03. The molecule has 2 aliphatic rings. The summed E-state index contributed by atoms with van der Waals surface area (Å²) >= 11 is 0. The Labute approximate surface area is 181 Å². The van der Waals surface area contributed by atoms with E-state index < -0.39 is 0 Å². The van der Waals surface area contributed by atoms with Crippen LogP contribution in [0.25, 0.3) is 0 Å². The van der Waals surface area contributed by atoms with Crippen LogP contribution in [0.5, 0.6) is 0 Å². The maximum absolute atomic E-state index is 12.8. The first-order valence-corrected chi connectivity index (χ1v) is 10.1. The van der Waals surface area contributed by atoms with Gasteiger partial charge in [-0.15, -0.1) is 24.8 Å². The number of halogens is 2. The van der Waals surface area contributed by atoms with Gasteiger partial charge in [-0.05, 0) is 37.3 Å². The van der Waals surface area contributed by atoms with Gasteiger partial charge in [-0.25, -0.2) is 0 Å². The number of ether oxygens (including phenoxy) is 1. The third-order valence-corrected chi connectivity index (χ3v) is 5.94. The Hall–Kier alpha value is -0.850. The second kappa shape index (κ2) is 12.7. The number of morpholine rings is 1. The van der Waals surface area contributed by atoms with Gasteiger partial charge in [0.15, 0.2) is 0 Å². The molecule has 0 spiro atoms. The highest BCUT2D eigenvalue weighted by Crippen LogP contribution is 2.31. The molecule has 28 heavy (non-hydrogen) atoms. The molecule has 1 saturated heterocycles. The molecule has 1 aromatic carbocycles. The average Bonchev–Trinajstić information content (AvgIpc) is 3.16. The number of carbonyl (C=O) groups excluding carboxylic acids is 1. The molecule has 0 radical (unpaired) electrons. The van der Waals surface area contributed by atoms with Crippen molar-refractivity contribution in [1.82, 2.24) is 10.2 Å². The van der Waals surface area contributed by atoms with Gasteiger partial charge in [0.05, 0.1) is 18.8 Å². The first-order chi connectivity index (χ1) is 12.7. The summed E-state index contributed by atoms with van der Waals surface area (Å²) in [6, 6.07) is 10.6. The zero-order chi connectivity index (χ0) is 18.4. The maximum atomic E-state index is 12.8. The molecule has 0 bridgehead atoms. The van der Waals surface area contributed by atoms with Crippen LogP contribution in [-0.2, 0) is 16.1 Å². The molecule has 1 saturated carbocycles. The van der Waals surface area contributed by atoms with Gasteiger partial charge in [0.1, 0.15) is 0 Å². The van der Waals surface area contributed by atoms with Gasteiger partial charge in [0.2, 0.25) is 5.91 Å². The topological polar surface area (TPSA) is 67.6 Å². The second-order valence-electron chi connectivity index (χ2n) is 7.69. The standard InChI is InChI=1S/C21H33N3O2.2ClH/c1-2-19(23-21(25)18-10-6-9-17(18)13-22)20-15-24(11-12-26-20)14-16-7-4-3-5-8-16;;/h3-5,7-8,17-20H,2,6,9-15,22H2,1H3,(H,23,25);2*1H/t17-,18-,19?,20?;;/m1../s1. The number of carbonyl (C=O) groups is 1. The summed E-state index contributed by atoms with van der Waals surface area (Å²) in [5.41, 5.74) is 7.17. The van der Waals surface area contributed by atoms with E-state index in [4.69, 9.17) is 10.5 Å². The number of hydrogen-bond donors (Lipinski definition) is 2. The predicted molar refractivity (Wildman–Crippen MR) is 118 cm³/mol. The Balaban J connectivity index is 0.00000196. The normalized spacial score (nSPS) is 26.0. The lowest BCUT2D eigenvalue weighted by molar-refractivity contribution is -0.129.